The first kappa shape index (κ1) is 12.3. The van der Waals surface area contributed by atoms with Gasteiger partial charge in [0.2, 0.25) is 0 Å². The highest BCUT2D eigenvalue weighted by atomic mass is 32.1. The van der Waals surface area contributed by atoms with Gasteiger partial charge in [-0.2, -0.15) is 0 Å². The molecule has 3 nitrogen and oxygen atoms in total. The largest absolute Gasteiger partial charge is 0.382 e. The molecule has 0 radical (unpaired) electrons. The fraction of sp³-hybridized carbons (Fsp3) is 0.417. The molecule has 0 aliphatic rings. The van der Waals surface area contributed by atoms with Gasteiger partial charge in [-0.05, 0) is 37.7 Å². The number of halogens is 1. The van der Waals surface area contributed by atoms with Crippen LogP contribution in [0.4, 0.5) is 4.39 Å². The Kier molecular flexibility index (Phi) is 3.91. The van der Waals surface area contributed by atoms with Gasteiger partial charge < -0.3 is 14.3 Å². The van der Waals surface area contributed by atoms with Crippen LogP contribution >= 0.6 is 12.2 Å². The Bertz CT molecular complexity index is 561. The van der Waals surface area contributed by atoms with Crippen LogP contribution in [-0.2, 0) is 11.3 Å². The van der Waals surface area contributed by atoms with Crippen LogP contribution in [0.15, 0.2) is 18.2 Å². The number of benzene rings is 1. The van der Waals surface area contributed by atoms with E-state index in [0.717, 1.165) is 18.5 Å². The average Bonchev–Trinajstić information content (AvgIpc) is 2.63. The van der Waals surface area contributed by atoms with Crippen LogP contribution in [0.5, 0.6) is 0 Å². The summed E-state index contributed by atoms with van der Waals surface area (Å²) in [5.74, 6) is -0.267. The van der Waals surface area contributed by atoms with Gasteiger partial charge in [0.25, 0.3) is 0 Å². The van der Waals surface area contributed by atoms with Crippen molar-refractivity contribution in [1.82, 2.24) is 9.55 Å². The number of aromatic nitrogens is 2. The molecule has 17 heavy (non-hydrogen) atoms. The summed E-state index contributed by atoms with van der Waals surface area (Å²) in [6.45, 7) is 4.11. The molecule has 5 heteroatoms. The highest BCUT2D eigenvalue weighted by Crippen LogP contribution is 2.17. The third kappa shape index (κ3) is 2.56. The molecule has 0 spiro atoms. The molecule has 0 atom stereocenters. The van der Waals surface area contributed by atoms with Gasteiger partial charge in [-0.15, -0.1) is 0 Å². The summed E-state index contributed by atoms with van der Waals surface area (Å²) in [5.41, 5.74) is 1.29. The van der Waals surface area contributed by atoms with E-state index in [1.165, 1.54) is 6.07 Å². The Balaban J connectivity index is 2.25. The lowest BCUT2D eigenvalue weighted by molar-refractivity contribution is 0.142. The molecule has 92 valence electrons. The van der Waals surface area contributed by atoms with Crippen molar-refractivity contribution in [3.63, 3.8) is 0 Å². The van der Waals surface area contributed by atoms with Gasteiger partial charge in [0.1, 0.15) is 11.3 Å². The van der Waals surface area contributed by atoms with E-state index in [1.807, 2.05) is 17.6 Å². The molecule has 1 aromatic carbocycles. The number of hydrogen-bond donors (Lipinski definition) is 1. The van der Waals surface area contributed by atoms with Crippen LogP contribution in [0.2, 0.25) is 0 Å². The summed E-state index contributed by atoms with van der Waals surface area (Å²) in [6.07, 6.45) is 0.867. The van der Waals surface area contributed by atoms with Crippen LogP contribution in [0, 0.1) is 10.6 Å². The Morgan fingerprint density at radius 2 is 2.29 bits per heavy atom. The molecule has 1 heterocycles. The van der Waals surface area contributed by atoms with Gasteiger partial charge in [-0.25, -0.2) is 4.39 Å². The average molecular weight is 254 g/mol. The molecule has 1 aromatic heterocycles. The Morgan fingerprint density at radius 1 is 1.47 bits per heavy atom. The zero-order valence-corrected chi connectivity index (χ0v) is 10.5. The number of aromatic amines is 1. The van der Waals surface area contributed by atoms with E-state index in [1.54, 1.807) is 6.07 Å². The Hall–Kier alpha value is -1.20. The quantitative estimate of drug-likeness (QED) is 0.655. The summed E-state index contributed by atoms with van der Waals surface area (Å²) in [7, 11) is 0. The predicted molar refractivity (Wildman–Crippen MR) is 68.2 cm³/mol. The molecule has 0 unspecified atom stereocenters. The number of imidazole rings is 1. The highest BCUT2D eigenvalue weighted by Gasteiger charge is 2.07. The van der Waals surface area contributed by atoms with Gasteiger partial charge in [0, 0.05) is 19.8 Å². The molecule has 2 rings (SSSR count). The fourth-order valence-corrected chi connectivity index (χ4v) is 2.13. The van der Waals surface area contributed by atoms with Crippen LogP contribution in [0.1, 0.15) is 13.3 Å². The molecule has 0 amide bonds. The van der Waals surface area contributed by atoms with Crippen molar-refractivity contribution in [1.29, 1.82) is 0 Å². The van der Waals surface area contributed by atoms with Crippen molar-refractivity contribution >= 4 is 23.3 Å². The first-order valence-corrected chi connectivity index (χ1v) is 6.09. The lowest BCUT2D eigenvalue weighted by Gasteiger charge is -2.04. The van der Waals surface area contributed by atoms with E-state index in [4.69, 9.17) is 17.0 Å². The van der Waals surface area contributed by atoms with E-state index in [2.05, 4.69) is 4.98 Å². The Morgan fingerprint density at radius 3 is 3.06 bits per heavy atom. The second-order valence-corrected chi connectivity index (χ2v) is 4.15. The third-order valence-corrected chi connectivity index (χ3v) is 2.96. The van der Waals surface area contributed by atoms with Crippen molar-refractivity contribution in [2.24, 2.45) is 0 Å². The minimum Gasteiger partial charge on any atom is -0.382 e. The van der Waals surface area contributed by atoms with E-state index >= 15 is 0 Å². The Labute approximate surface area is 104 Å². The SMILES string of the molecule is CCOCCCn1c(=S)[nH]c2c(F)cccc21. The van der Waals surface area contributed by atoms with Crippen molar-refractivity contribution in [2.45, 2.75) is 19.9 Å². The fourth-order valence-electron chi connectivity index (χ4n) is 1.84. The lowest BCUT2D eigenvalue weighted by Crippen LogP contribution is -2.02. The predicted octanol–water partition coefficient (Wildman–Crippen LogP) is 3.26. The summed E-state index contributed by atoms with van der Waals surface area (Å²) in [4.78, 5) is 2.90. The molecular formula is C12H15FN2OS. The second kappa shape index (κ2) is 5.42. The first-order valence-electron chi connectivity index (χ1n) is 5.69. The summed E-state index contributed by atoms with van der Waals surface area (Å²) < 4.78 is 21.2. The van der Waals surface area contributed by atoms with Crippen LogP contribution in [0.3, 0.4) is 0 Å². The van der Waals surface area contributed by atoms with Gasteiger partial charge in [0.15, 0.2) is 4.77 Å². The maximum absolute atomic E-state index is 13.5. The van der Waals surface area contributed by atoms with E-state index in [9.17, 15) is 4.39 Å². The van der Waals surface area contributed by atoms with Gasteiger partial charge in [-0.1, -0.05) is 6.07 Å². The van der Waals surface area contributed by atoms with E-state index in [-0.39, 0.29) is 5.82 Å². The molecule has 0 aliphatic carbocycles. The zero-order valence-electron chi connectivity index (χ0n) is 9.70. The van der Waals surface area contributed by atoms with Crippen LogP contribution in [0.25, 0.3) is 11.0 Å². The minimum atomic E-state index is -0.267. The number of fused-ring (bicyclic) bond motifs is 1. The van der Waals surface area contributed by atoms with Gasteiger partial charge >= 0.3 is 0 Å². The lowest BCUT2D eigenvalue weighted by atomic mass is 10.3. The van der Waals surface area contributed by atoms with E-state index < -0.39 is 0 Å². The molecule has 2 aromatic rings. The molecule has 1 N–H and O–H groups in total. The third-order valence-electron chi connectivity index (χ3n) is 2.63. The number of nitrogens with one attached hydrogen (secondary N) is 1. The van der Waals surface area contributed by atoms with E-state index in [0.29, 0.717) is 23.5 Å². The number of para-hydroxylation sites is 1. The minimum absolute atomic E-state index is 0.267. The topological polar surface area (TPSA) is 29.9 Å². The summed E-state index contributed by atoms with van der Waals surface area (Å²) >= 11 is 5.19. The second-order valence-electron chi connectivity index (χ2n) is 3.77. The maximum atomic E-state index is 13.5. The maximum Gasteiger partial charge on any atom is 0.178 e. The van der Waals surface area contributed by atoms with Crippen LogP contribution < -0.4 is 0 Å². The number of H-pyrrole nitrogens is 1. The molecule has 0 saturated heterocycles. The van der Waals surface area contributed by atoms with Crippen molar-refractivity contribution in [3.05, 3.63) is 28.8 Å². The van der Waals surface area contributed by atoms with Crippen molar-refractivity contribution in [3.8, 4) is 0 Å². The number of nitrogens with zero attached hydrogens (tertiary/aromatic N) is 1. The van der Waals surface area contributed by atoms with Crippen molar-refractivity contribution < 1.29 is 9.13 Å². The van der Waals surface area contributed by atoms with Crippen molar-refractivity contribution in [2.75, 3.05) is 13.2 Å². The number of ether oxygens (including phenoxy) is 1. The molecule has 0 saturated carbocycles. The number of aryl methyl sites for hydroxylation is 1. The summed E-state index contributed by atoms with van der Waals surface area (Å²) in [6, 6.07) is 4.99. The molecular weight excluding hydrogens is 239 g/mol. The smallest absolute Gasteiger partial charge is 0.178 e. The number of hydrogen-bond acceptors (Lipinski definition) is 2. The summed E-state index contributed by atoms with van der Waals surface area (Å²) in [5, 5.41) is 0. The molecule has 0 bridgehead atoms. The molecule has 0 fully saturated rings. The van der Waals surface area contributed by atoms with Gasteiger partial charge in [0.05, 0.1) is 5.52 Å². The monoisotopic (exact) mass is 254 g/mol. The normalized spacial score (nSPS) is 11.2. The van der Waals surface area contributed by atoms with Crippen LogP contribution in [-0.4, -0.2) is 22.8 Å². The number of rotatable bonds is 5. The molecule has 0 aliphatic heterocycles. The zero-order chi connectivity index (χ0) is 12.3. The standard InChI is InChI=1S/C12H15FN2OS/c1-2-16-8-4-7-15-10-6-3-5-9(13)11(10)14-12(15)17/h3,5-6H,2,4,7-8H2,1H3,(H,14,17). The van der Waals surface area contributed by atoms with Gasteiger partial charge in [-0.3, -0.25) is 0 Å². The first-order chi connectivity index (χ1) is 8.24. The highest BCUT2D eigenvalue weighted by molar-refractivity contribution is 7.71.